The summed E-state index contributed by atoms with van der Waals surface area (Å²) in [4.78, 5) is 17.5. The van der Waals surface area contributed by atoms with Crippen molar-refractivity contribution < 1.29 is 4.79 Å². The van der Waals surface area contributed by atoms with E-state index >= 15 is 0 Å². The Morgan fingerprint density at radius 3 is 3.06 bits per heavy atom. The molecule has 1 amide bonds. The molecule has 3 nitrogen and oxygen atoms in total. The summed E-state index contributed by atoms with van der Waals surface area (Å²) in [6, 6.07) is 5.62. The molecule has 0 saturated heterocycles. The number of nitrogens with zero attached hydrogens (tertiary/aromatic N) is 1. The van der Waals surface area contributed by atoms with Crippen LogP contribution in [0.3, 0.4) is 0 Å². The van der Waals surface area contributed by atoms with Crippen LogP contribution in [0.25, 0.3) is 0 Å². The summed E-state index contributed by atoms with van der Waals surface area (Å²) in [5.74, 6) is -0.0830. The molecule has 88 valence electrons. The molecule has 0 aliphatic heterocycles. The van der Waals surface area contributed by atoms with Gasteiger partial charge in [-0.15, -0.1) is 24.0 Å². The second-order valence-corrected chi connectivity index (χ2v) is 5.05. The molecule has 2 aromatic rings. The molecular formula is C12H12N2OS2. The van der Waals surface area contributed by atoms with Crippen molar-refractivity contribution >= 4 is 29.9 Å². The Morgan fingerprint density at radius 2 is 2.41 bits per heavy atom. The number of amides is 1. The van der Waals surface area contributed by atoms with Gasteiger partial charge in [-0.1, -0.05) is 6.07 Å². The van der Waals surface area contributed by atoms with Gasteiger partial charge in [0.2, 0.25) is 0 Å². The van der Waals surface area contributed by atoms with Gasteiger partial charge in [0.1, 0.15) is 0 Å². The Labute approximate surface area is 109 Å². The Bertz CT molecular complexity index is 537. The number of nitrogens with one attached hydrogen (secondary N) is 1. The third kappa shape index (κ3) is 3.08. The highest BCUT2D eigenvalue weighted by Crippen LogP contribution is 2.17. The van der Waals surface area contributed by atoms with Crippen molar-refractivity contribution in [2.24, 2.45) is 0 Å². The monoisotopic (exact) mass is 264 g/mol. The van der Waals surface area contributed by atoms with E-state index in [0.717, 1.165) is 16.2 Å². The largest absolute Gasteiger partial charge is 0.346 e. The lowest BCUT2D eigenvalue weighted by molar-refractivity contribution is 0.0954. The van der Waals surface area contributed by atoms with Crippen LogP contribution in [0.5, 0.6) is 0 Å². The Balaban J connectivity index is 1.99. The lowest BCUT2D eigenvalue weighted by Crippen LogP contribution is -2.22. The van der Waals surface area contributed by atoms with Gasteiger partial charge in [0, 0.05) is 16.5 Å². The zero-order valence-corrected chi connectivity index (χ0v) is 11.0. The minimum absolute atomic E-state index is 0.0830. The number of rotatable bonds is 3. The maximum Gasteiger partial charge on any atom is 0.261 e. The van der Waals surface area contributed by atoms with Gasteiger partial charge in [-0.05, 0) is 24.6 Å². The average molecular weight is 264 g/mol. The minimum atomic E-state index is -0.0830. The lowest BCUT2D eigenvalue weighted by atomic mass is 10.2. The number of carbonyl (C=O) groups excluding carboxylic acids is 1. The van der Waals surface area contributed by atoms with Gasteiger partial charge >= 0.3 is 0 Å². The molecule has 5 heteroatoms. The summed E-state index contributed by atoms with van der Waals surface area (Å²) in [6.07, 6.45) is 1.73. The van der Waals surface area contributed by atoms with E-state index in [1.165, 1.54) is 11.3 Å². The van der Waals surface area contributed by atoms with E-state index < -0.39 is 0 Å². The maximum atomic E-state index is 11.8. The standard InChI is InChI=1S/C12H12N2OS2/c1-8-3-2-4-13-10(8)6-14-12(15)11-5-9(16)7-17-11/h2-5,7,16H,6H2,1H3,(H,14,15). The molecule has 0 atom stereocenters. The van der Waals surface area contributed by atoms with Crippen LogP contribution in [-0.4, -0.2) is 10.9 Å². The number of pyridine rings is 1. The molecule has 2 heterocycles. The zero-order valence-electron chi connectivity index (χ0n) is 9.30. The summed E-state index contributed by atoms with van der Waals surface area (Å²) in [7, 11) is 0. The van der Waals surface area contributed by atoms with Crippen LogP contribution in [0, 0.1) is 6.92 Å². The van der Waals surface area contributed by atoms with Crippen molar-refractivity contribution in [2.45, 2.75) is 18.4 Å². The molecule has 0 radical (unpaired) electrons. The van der Waals surface area contributed by atoms with E-state index in [9.17, 15) is 4.79 Å². The number of hydrogen-bond donors (Lipinski definition) is 2. The Hall–Kier alpha value is -1.33. The molecular weight excluding hydrogens is 252 g/mol. The first kappa shape index (κ1) is 12.1. The zero-order chi connectivity index (χ0) is 12.3. The normalized spacial score (nSPS) is 10.2. The van der Waals surface area contributed by atoms with Crippen LogP contribution in [0.15, 0.2) is 34.7 Å². The van der Waals surface area contributed by atoms with Gasteiger partial charge in [0.05, 0.1) is 17.1 Å². The molecule has 17 heavy (non-hydrogen) atoms. The van der Waals surface area contributed by atoms with E-state index in [-0.39, 0.29) is 5.91 Å². The van der Waals surface area contributed by atoms with E-state index in [0.29, 0.717) is 11.4 Å². The molecule has 0 aliphatic rings. The number of aromatic nitrogens is 1. The smallest absolute Gasteiger partial charge is 0.261 e. The number of thiol groups is 1. The maximum absolute atomic E-state index is 11.8. The highest BCUT2D eigenvalue weighted by molar-refractivity contribution is 7.80. The van der Waals surface area contributed by atoms with Crippen molar-refractivity contribution in [1.82, 2.24) is 10.3 Å². The van der Waals surface area contributed by atoms with Crippen molar-refractivity contribution in [3.8, 4) is 0 Å². The number of aryl methyl sites for hydroxylation is 1. The third-order valence-corrected chi connectivity index (χ3v) is 3.71. The van der Waals surface area contributed by atoms with Crippen LogP contribution in [0.4, 0.5) is 0 Å². The van der Waals surface area contributed by atoms with Crippen molar-refractivity contribution in [3.05, 3.63) is 45.9 Å². The summed E-state index contributed by atoms with van der Waals surface area (Å²) in [6.45, 7) is 2.43. The lowest BCUT2D eigenvalue weighted by Gasteiger charge is -2.05. The predicted molar refractivity (Wildman–Crippen MR) is 71.7 cm³/mol. The summed E-state index contributed by atoms with van der Waals surface area (Å²) in [5, 5.41) is 4.68. The number of thiophene rings is 1. The first-order chi connectivity index (χ1) is 8.16. The van der Waals surface area contributed by atoms with Crippen LogP contribution in [0.1, 0.15) is 20.9 Å². The average Bonchev–Trinajstić information content (AvgIpc) is 2.74. The van der Waals surface area contributed by atoms with Gasteiger partial charge in [0.25, 0.3) is 5.91 Å². The molecule has 2 aromatic heterocycles. The van der Waals surface area contributed by atoms with E-state index in [4.69, 9.17) is 0 Å². The molecule has 0 aliphatic carbocycles. The highest BCUT2D eigenvalue weighted by Gasteiger charge is 2.08. The summed E-state index contributed by atoms with van der Waals surface area (Å²) < 4.78 is 0. The fraction of sp³-hybridized carbons (Fsp3) is 0.167. The number of carbonyl (C=O) groups is 1. The Morgan fingerprint density at radius 1 is 1.59 bits per heavy atom. The van der Waals surface area contributed by atoms with E-state index in [2.05, 4.69) is 22.9 Å². The summed E-state index contributed by atoms with van der Waals surface area (Å²) >= 11 is 5.56. The Kier molecular flexibility index (Phi) is 3.81. The van der Waals surface area contributed by atoms with Crippen LogP contribution in [-0.2, 0) is 6.54 Å². The predicted octanol–water partition coefficient (Wildman–Crippen LogP) is 2.67. The molecule has 0 saturated carbocycles. The summed E-state index contributed by atoms with van der Waals surface area (Å²) in [5.41, 5.74) is 1.97. The van der Waals surface area contributed by atoms with Gasteiger partial charge in [0.15, 0.2) is 0 Å². The van der Waals surface area contributed by atoms with E-state index in [1.54, 1.807) is 12.3 Å². The molecule has 1 N–H and O–H groups in total. The number of hydrogen-bond acceptors (Lipinski definition) is 4. The molecule has 2 rings (SSSR count). The third-order valence-electron chi connectivity index (χ3n) is 2.34. The first-order valence-electron chi connectivity index (χ1n) is 5.13. The fourth-order valence-electron chi connectivity index (χ4n) is 1.40. The topological polar surface area (TPSA) is 42.0 Å². The van der Waals surface area contributed by atoms with Gasteiger partial charge in [-0.3, -0.25) is 9.78 Å². The van der Waals surface area contributed by atoms with Gasteiger partial charge < -0.3 is 5.32 Å². The molecule has 0 unspecified atom stereocenters. The second-order valence-electron chi connectivity index (χ2n) is 3.62. The van der Waals surface area contributed by atoms with Gasteiger partial charge in [-0.25, -0.2) is 0 Å². The molecule has 0 bridgehead atoms. The quantitative estimate of drug-likeness (QED) is 0.837. The molecule has 0 spiro atoms. The van der Waals surface area contributed by atoms with E-state index in [1.807, 2.05) is 24.4 Å². The SMILES string of the molecule is Cc1cccnc1CNC(=O)c1cc(S)cs1. The fourth-order valence-corrected chi connectivity index (χ4v) is 2.46. The van der Waals surface area contributed by atoms with Crippen LogP contribution < -0.4 is 5.32 Å². The van der Waals surface area contributed by atoms with Crippen LogP contribution in [0.2, 0.25) is 0 Å². The first-order valence-corrected chi connectivity index (χ1v) is 6.45. The van der Waals surface area contributed by atoms with Crippen molar-refractivity contribution in [1.29, 1.82) is 0 Å². The second kappa shape index (κ2) is 5.33. The van der Waals surface area contributed by atoms with Crippen molar-refractivity contribution in [2.75, 3.05) is 0 Å². The highest BCUT2D eigenvalue weighted by atomic mass is 32.1. The van der Waals surface area contributed by atoms with Crippen LogP contribution >= 0.6 is 24.0 Å². The van der Waals surface area contributed by atoms with Crippen molar-refractivity contribution in [3.63, 3.8) is 0 Å². The molecule has 0 aromatic carbocycles. The molecule has 0 fully saturated rings. The minimum Gasteiger partial charge on any atom is -0.346 e. The van der Waals surface area contributed by atoms with Gasteiger partial charge in [-0.2, -0.15) is 0 Å².